The highest BCUT2D eigenvalue weighted by Crippen LogP contribution is 2.22. The third kappa shape index (κ3) is 3.69. The van der Waals surface area contributed by atoms with Gasteiger partial charge in [0.1, 0.15) is 11.4 Å². The topological polar surface area (TPSA) is 102 Å². The van der Waals surface area contributed by atoms with E-state index in [1.807, 2.05) is 0 Å². The van der Waals surface area contributed by atoms with Gasteiger partial charge < -0.3 is 10.1 Å². The van der Waals surface area contributed by atoms with E-state index in [1.54, 1.807) is 43.7 Å². The molecule has 3 aromatic rings. The highest BCUT2D eigenvalue weighted by atomic mass is 79.9. The first-order chi connectivity index (χ1) is 11.5. The van der Waals surface area contributed by atoms with Crippen LogP contribution in [0.25, 0.3) is 0 Å². The summed E-state index contributed by atoms with van der Waals surface area (Å²) in [5.74, 6) is 0.0611. The second kappa shape index (κ2) is 6.67. The molecule has 2 heterocycles. The fourth-order valence-corrected chi connectivity index (χ4v) is 2.19. The van der Waals surface area contributed by atoms with Gasteiger partial charge in [0.15, 0.2) is 0 Å². The van der Waals surface area contributed by atoms with Crippen molar-refractivity contribution in [3.05, 3.63) is 63.2 Å². The van der Waals surface area contributed by atoms with Crippen molar-refractivity contribution < 1.29 is 9.53 Å². The lowest BCUT2D eigenvalue weighted by atomic mass is 10.3. The molecule has 0 aliphatic rings. The Hall–Kier alpha value is -2.94. The van der Waals surface area contributed by atoms with Gasteiger partial charge in [-0.25, -0.2) is 9.97 Å². The molecule has 0 saturated carbocycles. The van der Waals surface area contributed by atoms with Gasteiger partial charge in [-0.1, -0.05) is 6.07 Å². The molecule has 3 rings (SSSR count). The molecule has 1 amide bonds. The van der Waals surface area contributed by atoms with Crippen LogP contribution in [0.3, 0.4) is 0 Å². The van der Waals surface area contributed by atoms with E-state index in [-0.39, 0.29) is 17.3 Å². The lowest BCUT2D eigenvalue weighted by Gasteiger charge is -2.08. The molecule has 1 aromatic carbocycles. The number of amides is 1. The molecule has 0 atom stereocenters. The van der Waals surface area contributed by atoms with Crippen LogP contribution in [0.15, 0.2) is 52.0 Å². The van der Waals surface area contributed by atoms with Gasteiger partial charge in [0.25, 0.3) is 11.5 Å². The number of benzene rings is 1. The number of nitrogens with one attached hydrogen (secondary N) is 2. The van der Waals surface area contributed by atoms with Crippen LogP contribution in [0.4, 0.5) is 5.69 Å². The van der Waals surface area contributed by atoms with Crippen LogP contribution in [0.5, 0.6) is 11.8 Å². The molecule has 0 bridgehead atoms. The van der Waals surface area contributed by atoms with E-state index in [0.717, 1.165) is 4.47 Å². The number of rotatable bonds is 4. The summed E-state index contributed by atoms with van der Waals surface area (Å²) in [4.78, 5) is 31.5. The normalized spacial score (nSPS) is 10.4. The number of aryl methyl sites for hydroxylation is 1. The van der Waals surface area contributed by atoms with Gasteiger partial charge in [-0.05, 0) is 28.1 Å². The smallest absolute Gasteiger partial charge is 0.321 e. The van der Waals surface area contributed by atoms with E-state index in [2.05, 4.69) is 36.3 Å². The van der Waals surface area contributed by atoms with Crippen LogP contribution < -0.4 is 15.6 Å². The minimum absolute atomic E-state index is 0.190. The molecule has 24 heavy (non-hydrogen) atoms. The van der Waals surface area contributed by atoms with Gasteiger partial charge in [0.2, 0.25) is 0 Å². The van der Waals surface area contributed by atoms with E-state index in [0.29, 0.717) is 11.4 Å². The highest BCUT2D eigenvalue weighted by molar-refractivity contribution is 9.10. The number of ether oxygens (including phenoxy) is 1. The number of nitrogens with zero attached hydrogens (tertiary/aromatic N) is 3. The van der Waals surface area contributed by atoms with Crippen molar-refractivity contribution in [2.24, 2.45) is 7.05 Å². The zero-order valence-corrected chi connectivity index (χ0v) is 14.1. The van der Waals surface area contributed by atoms with E-state index in [9.17, 15) is 9.59 Å². The van der Waals surface area contributed by atoms with Crippen molar-refractivity contribution in [1.29, 1.82) is 0 Å². The number of carbonyl (C=O) groups is 1. The van der Waals surface area contributed by atoms with Crippen LogP contribution in [0, 0.1) is 0 Å². The van der Waals surface area contributed by atoms with Crippen molar-refractivity contribution in [1.82, 2.24) is 19.7 Å². The fraction of sp³-hybridized carbons (Fsp3) is 0.0667. The molecule has 2 aromatic heterocycles. The molecule has 0 saturated heterocycles. The number of hydrogen-bond acceptors (Lipinski definition) is 5. The maximum atomic E-state index is 12.2. The number of halogens is 1. The molecule has 0 unspecified atom stereocenters. The van der Waals surface area contributed by atoms with Gasteiger partial charge in [0, 0.05) is 37.3 Å². The van der Waals surface area contributed by atoms with Gasteiger partial charge in [-0.15, -0.1) is 0 Å². The average Bonchev–Trinajstić information content (AvgIpc) is 2.89. The molecule has 9 heteroatoms. The monoisotopic (exact) mass is 389 g/mol. The summed E-state index contributed by atoms with van der Waals surface area (Å²) < 4.78 is 7.63. The second-order valence-electron chi connectivity index (χ2n) is 4.83. The Bertz CT molecular complexity index is 933. The maximum Gasteiger partial charge on any atom is 0.321 e. The quantitative estimate of drug-likeness (QED) is 0.712. The summed E-state index contributed by atoms with van der Waals surface area (Å²) in [5.41, 5.74) is 0.401. The summed E-state index contributed by atoms with van der Waals surface area (Å²) in [5, 5.41) is 5.18. The third-order valence-corrected chi connectivity index (χ3v) is 3.45. The number of anilines is 1. The Morgan fingerprint density at radius 2 is 2.04 bits per heavy atom. The largest absolute Gasteiger partial charge is 0.424 e. The van der Waals surface area contributed by atoms with E-state index < -0.39 is 5.91 Å². The minimum Gasteiger partial charge on any atom is -0.424 e. The first kappa shape index (κ1) is 15.9. The van der Waals surface area contributed by atoms with Crippen LogP contribution in [0.1, 0.15) is 10.5 Å². The molecule has 2 N–H and O–H groups in total. The lowest BCUT2D eigenvalue weighted by Crippen LogP contribution is -2.16. The van der Waals surface area contributed by atoms with Gasteiger partial charge in [-0.3, -0.25) is 19.4 Å². The molecule has 122 valence electrons. The number of H-pyrrole nitrogens is 1. The van der Waals surface area contributed by atoms with Crippen LogP contribution in [-0.4, -0.2) is 25.7 Å². The lowest BCUT2D eigenvalue weighted by molar-refractivity contribution is 0.101. The Morgan fingerprint density at radius 1 is 1.29 bits per heavy atom. The van der Waals surface area contributed by atoms with Gasteiger partial charge in [0.05, 0.1) is 4.47 Å². The third-order valence-electron chi connectivity index (χ3n) is 3.04. The molecular weight excluding hydrogens is 378 g/mol. The number of aromatic amines is 1. The fourth-order valence-electron chi connectivity index (χ4n) is 1.99. The van der Waals surface area contributed by atoms with Crippen molar-refractivity contribution in [3.8, 4) is 11.8 Å². The molecule has 0 fully saturated rings. The summed E-state index contributed by atoms with van der Waals surface area (Å²) >= 11 is 3.24. The molecule has 0 spiro atoms. The first-order valence-corrected chi connectivity index (χ1v) is 7.63. The summed E-state index contributed by atoms with van der Waals surface area (Å²) in [6.45, 7) is 0. The molecule has 8 nitrogen and oxygen atoms in total. The molecular formula is C15H12BrN5O3. The van der Waals surface area contributed by atoms with Crippen molar-refractivity contribution in [3.63, 3.8) is 0 Å². The average molecular weight is 390 g/mol. The number of hydrogen-bond donors (Lipinski definition) is 2. The Labute approximate surface area is 144 Å². The molecule has 0 aliphatic heterocycles. The predicted octanol–water partition coefficient (Wildman–Crippen LogP) is 2.31. The van der Waals surface area contributed by atoms with E-state index in [4.69, 9.17) is 4.74 Å². The number of carbonyl (C=O) groups excluding carboxylic acids is 1. The summed E-state index contributed by atoms with van der Waals surface area (Å²) in [6.07, 6.45) is 3.14. The number of aromatic nitrogens is 4. The van der Waals surface area contributed by atoms with Gasteiger partial charge in [-0.2, -0.15) is 0 Å². The Balaban J connectivity index is 1.75. The van der Waals surface area contributed by atoms with Crippen molar-refractivity contribution >= 4 is 27.5 Å². The van der Waals surface area contributed by atoms with Crippen molar-refractivity contribution in [2.75, 3.05) is 5.32 Å². The zero-order valence-electron chi connectivity index (χ0n) is 12.5. The summed E-state index contributed by atoms with van der Waals surface area (Å²) in [7, 11) is 1.58. The zero-order chi connectivity index (χ0) is 17.1. The minimum atomic E-state index is -0.409. The molecule has 0 radical (unpaired) electrons. The van der Waals surface area contributed by atoms with E-state index >= 15 is 0 Å². The maximum absolute atomic E-state index is 12.2. The Morgan fingerprint density at radius 3 is 2.71 bits per heavy atom. The SMILES string of the molecule is Cn1[nH]c(=O)cc1C(=O)Nc1cccc(Oc2ncc(Br)cn2)c1. The van der Waals surface area contributed by atoms with Crippen molar-refractivity contribution in [2.45, 2.75) is 0 Å². The Kier molecular flexibility index (Phi) is 4.43. The molecule has 0 aliphatic carbocycles. The predicted molar refractivity (Wildman–Crippen MR) is 90.2 cm³/mol. The van der Waals surface area contributed by atoms with Gasteiger partial charge >= 0.3 is 6.01 Å². The highest BCUT2D eigenvalue weighted by Gasteiger charge is 2.12. The van der Waals surface area contributed by atoms with Crippen LogP contribution in [-0.2, 0) is 7.05 Å². The standard InChI is InChI=1S/C15H12BrN5O3/c1-21-12(6-13(22)20-21)14(23)19-10-3-2-4-11(5-10)24-15-17-7-9(16)8-18-15/h2-8H,1H3,(H,19,23)(H,20,22). The summed E-state index contributed by atoms with van der Waals surface area (Å²) in [6, 6.07) is 8.19. The van der Waals surface area contributed by atoms with Crippen LogP contribution >= 0.6 is 15.9 Å². The first-order valence-electron chi connectivity index (χ1n) is 6.84. The van der Waals surface area contributed by atoms with E-state index in [1.165, 1.54) is 10.7 Å². The van der Waals surface area contributed by atoms with Crippen LogP contribution in [0.2, 0.25) is 0 Å². The second-order valence-corrected chi connectivity index (χ2v) is 5.75.